The van der Waals surface area contributed by atoms with Gasteiger partial charge in [0.1, 0.15) is 0 Å². The van der Waals surface area contributed by atoms with Crippen molar-refractivity contribution >= 4 is 11.8 Å². The molecule has 2 aromatic rings. The van der Waals surface area contributed by atoms with Gasteiger partial charge in [-0.2, -0.15) is 0 Å². The van der Waals surface area contributed by atoms with Crippen LogP contribution in [0.3, 0.4) is 0 Å². The summed E-state index contributed by atoms with van der Waals surface area (Å²) in [5.74, 6) is 0.185. The van der Waals surface area contributed by atoms with E-state index in [1.165, 1.54) is 0 Å². The molecule has 1 spiro atoms. The van der Waals surface area contributed by atoms with E-state index in [0.29, 0.717) is 18.7 Å². The molecule has 2 aliphatic rings. The van der Waals surface area contributed by atoms with Gasteiger partial charge in [-0.05, 0) is 44.4 Å². The highest BCUT2D eigenvalue weighted by molar-refractivity contribution is 5.95. The molecule has 2 aliphatic heterocycles. The third-order valence-corrected chi connectivity index (χ3v) is 5.61. The predicted molar refractivity (Wildman–Crippen MR) is 97.4 cm³/mol. The van der Waals surface area contributed by atoms with Crippen LogP contribution in [0.25, 0.3) is 0 Å². The van der Waals surface area contributed by atoms with E-state index in [-0.39, 0.29) is 11.8 Å². The third kappa shape index (κ3) is 3.00. The summed E-state index contributed by atoms with van der Waals surface area (Å²) in [6.07, 6.45) is 6.02. The number of amides is 2. The van der Waals surface area contributed by atoms with E-state index in [1.54, 1.807) is 18.5 Å². The summed E-state index contributed by atoms with van der Waals surface area (Å²) >= 11 is 0. The molecule has 0 saturated carbocycles. The molecular formula is C20H24N4O2. The van der Waals surface area contributed by atoms with Crippen molar-refractivity contribution in [3.8, 4) is 0 Å². The quantitative estimate of drug-likeness (QED) is 0.922. The van der Waals surface area contributed by atoms with Crippen molar-refractivity contribution in [3.63, 3.8) is 0 Å². The molecule has 26 heavy (non-hydrogen) atoms. The van der Waals surface area contributed by atoms with Crippen LogP contribution in [0, 0.1) is 12.3 Å². The number of likely N-dealkylation sites (tertiary alicyclic amines) is 2. The number of nitrogens with one attached hydrogen (secondary N) is 1. The van der Waals surface area contributed by atoms with E-state index < -0.39 is 5.41 Å². The maximum Gasteiger partial charge on any atom is 0.255 e. The first-order valence-corrected chi connectivity index (χ1v) is 9.21. The summed E-state index contributed by atoms with van der Waals surface area (Å²) < 4.78 is 0. The molecule has 2 amide bonds. The average Bonchev–Trinajstić information content (AvgIpc) is 3.27. The molecule has 1 N–H and O–H groups in total. The van der Waals surface area contributed by atoms with Crippen molar-refractivity contribution in [2.24, 2.45) is 5.41 Å². The van der Waals surface area contributed by atoms with Gasteiger partial charge in [0.25, 0.3) is 5.91 Å². The minimum atomic E-state index is -0.423. The Hall–Kier alpha value is -2.63. The normalized spacial score (nSPS) is 23.0. The molecule has 6 nitrogen and oxygen atoms in total. The highest BCUT2D eigenvalue weighted by Crippen LogP contribution is 2.40. The Balaban J connectivity index is 1.48. The predicted octanol–water partition coefficient (Wildman–Crippen LogP) is 2.37. The van der Waals surface area contributed by atoms with Gasteiger partial charge in [0, 0.05) is 37.7 Å². The van der Waals surface area contributed by atoms with Gasteiger partial charge in [-0.1, -0.05) is 6.07 Å². The van der Waals surface area contributed by atoms with E-state index in [4.69, 9.17) is 0 Å². The number of piperidine rings is 1. The number of H-pyrrole nitrogens is 1. The number of carbonyl (C=O) groups is 2. The molecule has 0 radical (unpaired) electrons. The first-order valence-electron chi connectivity index (χ1n) is 9.21. The van der Waals surface area contributed by atoms with E-state index in [0.717, 1.165) is 43.7 Å². The standard InChI is InChI=1S/C20H24N4O2/c1-15-4-2-5-17(22-15)13-23-11-8-20(19(23)26)7-3-10-24(14-20)18(25)16-6-9-21-12-16/h2,4-6,9,12,21H,3,7-8,10-11,13-14H2,1H3. The molecule has 136 valence electrons. The summed E-state index contributed by atoms with van der Waals surface area (Å²) in [4.78, 5) is 37.1. The molecular weight excluding hydrogens is 328 g/mol. The molecule has 0 aromatic carbocycles. The van der Waals surface area contributed by atoms with Crippen molar-refractivity contribution in [3.05, 3.63) is 53.6 Å². The number of pyridine rings is 1. The summed E-state index contributed by atoms with van der Waals surface area (Å²) in [5, 5.41) is 0. The number of hydrogen-bond acceptors (Lipinski definition) is 3. The lowest BCUT2D eigenvalue weighted by Crippen LogP contribution is -2.49. The molecule has 0 bridgehead atoms. The van der Waals surface area contributed by atoms with E-state index in [9.17, 15) is 9.59 Å². The van der Waals surface area contributed by atoms with Crippen molar-refractivity contribution in [1.82, 2.24) is 19.8 Å². The van der Waals surface area contributed by atoms with Crippen LogP contribution in [-0.2, 0) is 11.3 Å². The van der Waals surface area contributed by atoms with Gasteiger partial charge >= 0.3 is 0 Å². The van der Waals surface area contributed by atoms with E-state index in [2.05, 4.69) is 9.97 Å². The topological polar surface area (TPSA) is 69.3 Å². The van der Waals surface area contributed by atoms with E-state index in [1.807, 2.05) is 34.9 Å². The zero-order valence-corrected chi connectivity index (χ0v) is 15.1. The monoisotopic (exact) mass is 352 g/mol. The second-order valence-corrected chi connectivity index (χ2v) is 7.46. The lowest BCUT2D eigenvalue weighted by atomic mass is 9.78. The summed E-state index contributed by atoms with van der Waals surface area (Å²) in [6, 6.07) is 7.69. The van der Waals surface area contributed by atoms with Crippen molar-refractivity contribution < 1.29 is 9.59 Å². The van der Waals surface area contributed by atoms with Gasteiger partial charge in [0.05, 0.1) is 23.2 Å². The summed E-state index contributed by atoms with van der Waals surface area (Å²) in [6.45, 7) is 4.49. The van der Waals surface area contributed by atoms with Crippen molar-refractivity contribution in [2.75, 3.05) is 19.6 Å². The second kappa shape index (κ2) is 6.59. The maximum absolute atomic E-state index is 13.2. The van der Waals surface area contributed by atoms with Crippen LogP contribution in [0.2, 0.25) is 0 Å². The van der Waals surface area contributed by atoms with Gasteiger partial charge in [-0.15, -0.1) is 0 Å². The van der Waals surface area contributed by atoms with Crippen LogP contribution in [0.5, 0.6) is 0 Å². The zero-order valence-electron chi connectivity index (χ0n) is 15.1. The van der Waals surface area contributed by atoms with Crippen LogP contribution < -0.4 is 0 Å². The lowest BCUT2D eigenvalue weighted by Gasteiger charge is -2.39. The number of carbonyl (C=O) groups excluding carboxylic acids is 2. The number of aromatic amines is 1. The van der Waals surface area contributed by atoms with Crippen LogP contribution >= 0.6 is 0 Å². The number of aryl methyl sites for hydroxylation is 1. The van der Waals surface area contributed by atoms with Gasteiger partial charge in [-0.25, -0.2) is 0 Å². The molecule has 1 unspecified atom stereocenters. The smallest absolute Gasteiger partial charge is 0.255 e. The van der Waals surface area contributed by atoms with E-state index >= 15 is 0 Å². The fourth-order valence-electron chi connectivity index (χ4n) is 4.25. The third-order valence-electron chi connectivity index (χ3n) is 5.61. The average molecular weight is 352 g/mol. The minimum Gasteiger partial charge on any atom is -0.367 e. The van der Waals surface area contributed by atoms with Gasteiger partial charge in [0.2, 0.25) is 5.91 Å². The number of rotatable bonds is 3. The Labute approximate surface area is 153 Å². The molecule has 2 saturated heterocycles. The Bertz CT molecular complexity index is 817. The SMILES string of the molecule is Cc1cccc(CN2CCC3(CCCN(C(=O)c4cc[nH]c4)C3)C2=O)n1. The van der Waals surface area contributed by atoms with Gasteiger partial charge in [0.15, 0.2) is 0 Å². The number of hydrogen-bond donors (Lipinski definition) is 1. The maximum atomic E-state index is 13.2. The lowest BCUT2D eigenvalue weighted by molar-refractivity contribution is -0.138. The van der Waals surface area contributed by atoms with Gasteiger partial charge in [-0.3, -0.25) is 14.6 Å². The Morgan fingerprint density at radius 2 is 2.15 bits per heavy atom. The highest BCUT2D eigenvalue weighted by atomic mass is 16.2. The van der Waals surface area contributed by atoms with Crippen LogP contribution in [0.4, 0.5) is 0 Å². The molecule has 0 aliphatic carbocycles. The minimum absolute atomic E-state index is 0.0110. The molecule has 6 heteroatoms. The first kappa shape index (κ1) is 16.8. The second-order valence-electron chi connectivity index (χ2n) is 7.46. The Kier molecular flexibility index (Phi) is 4.26. The number of aromatic nitrogens is 2. The fourth-order valence-corrected chi connectivity index (χ4v) is 4.25. The van der Waals surface area contributed by atoms with Gasteiger partial charge < -0.3 is 14.8 Å². The Morgan fingerprint density at radius 1 is 1.27 bits per heavy atom. The zero-order chi connectivity index (χ0) is 18.1. The summed E-state index contributed by atoms with van der Waals surface area (Å²) in [5.41, 5.74) is 2.12. The molecule has 1 atom stereocenters. The van der Waals surface area contributed by atoms with Crippen molar-refractivity contribution in [2.45, 2.75) is 32.7 Å². The summed E-state index contributed by atoms with van der Waals surface area (Å²) in [7, 11) is 0. The van der Waals surface area contributed by atoms with Crippen LogP contribution in [-0.4, -0.2) is 51.2 Å². The molecule has 4 rings (SSSR count). The van der Waals surface area contributed by atoms with Crippen LogP contribution in [0.15, 0.2) is 36.7 Å². The Morgan fingerprint density at radius 3 is 2.92 bits per heavy atom. The van der Waals surface area contributed by atoms with Crippen LogP contribution in [0.1, 0.15) is 41.0 Å². The highest BCUT2D eigenvalue weighted by Gasteiger charge is 2.49. The number of nitrogens with zero attached hydrogens (tertiary/aromatic N) is 3. The molecule has 4 heterocycles. The van der Waals surface area contributed by atoms with Crippen molar-refractivity contribution in [1.29, 1.82) is 0 Å². The largest absolute Gasteiger partial charge is 0.367 e. The molecule has 2 fully saturated rings. The fraction of sp³-hybridized carbons (Fsp3) is 0.450. The molecule has 2 aromatic heterocycles. The first-order chi connectivity index (χ1) is 12.6.